The minimum absolute atomic E-state index is 0.135. The molecule has 0 aliphatic rings. The molecule has 1 aromatic heterocycles. The molecule has 30 heavy (non-hydrogen) atoms. The quantitative estimate of drug-likeness (QED) is 0.508. The Balaban J connectivity index is 1.71. The Kier molecular flexibility index (Phi) is 5.01. The number of aliphatic hydroxyl groups excluding tert-OH is 1. The normalized spacial score (nSPS) is 11.6. The van der Waals surface area contributed by atoms with Crippen molar-refractivity contribution >= 4 is 22.6 Å². The fourth-order valence-corrected chi connectivity index (χ4v) is 3.16. The fourth-order valence-electron chi connectivity index (χ4n) is 3.16. The Labute approximate surface area is 169 Å². The molecular formula is C22H16F3N3O2. The van der Waals surface area contributed by atoms with Crippen molar-refractivity contribution in [3.05, 3.63) is 89.7 Å². The summed E-state index contributed by atoms with van der Waals surface area (Å²) in [5.41, 5.74) is 2.05. The van der Waals surface area contributed by atoms with Crippen molar-refractivity contribution in [2.45, 2.75) is 12.8 Å². The number of alkyl halides is 3. The second-order valence-corrected chi connectivity index (χ2v) is 6.62. The highest BCUT2D eigenvalue weighted by Gasteiger charge is 2.38. The lowest BCUT2D eigenvalue weighted by Gasteiger charge is -2.12. The van der Waals surface area contributed by atoms with Gasteiger partial charge in [-0.2, -0.15) is 13.2 Å². The van der Waals surface area contributed by atoms with Crippen molar-refractivity contribution in [3.8, 4) is 5.69 Å². The predicted octanol–water partition coefficient (Wildman–Crippen LogP) is 4.79. The highest BCUT2D eigenvalue weighted by molar-refractivity contribution is 6.04. The van der Waals surface area contributed by atoms with Crippen molar-refractivity contribution in [1.29, 1.82) is 0 Å². The first kappa shape index (κ1) is 19.7. The Morgan fingerprint density at radius 2 is 1.70 bits per heavy atom. The number of hydrogen-bond donors (Lipinski definition) is 2. The molecule has 0 saturated carbocycles. The van der Waals surface area contributed by atoms with Gasteiger partial charge in [0.25, 0.3) is 5.91 Å². The van der Waals surface area contributed by atoms with Crippen LogP contribution in [0.15, 0.2) is 72.8 Å². The Morgan fingerprint density at radius 1 is 1.00 bits per heavy atom. The van der Waals surface area contributed by atoms with E-state index in [2.05, 4.69) is 10.3 Å². The molecule has 0 unspecified atom stereocenters. The third-order valence-corrected chi connectivity index (χ3v) is 4.57. The van der Waals surface area contributed by atoms with Gasteiger partial charge in [0.05, 0.1) is 17.6 Å². The molecular weight excluding hydrogens is 395 g/mol. The average molecular weight is 411 g/mol. The van der Waals surface area contributed by atoms with Crippen LogP contribution >= 0.6 is 0 Å². The van der Waals surface area contributed by atoms with E-state index < -0.39 is 12.0 Å². The lowest BCUT2D eigenvalue weighted by Crippen LogP contribution is -2.14. The molecule has 0 atom stereocenters. The molecule has 3 aromatic carbocycles. The van der Waals surface area contributed by atoms with Gasteiger partial charge in [0.2, 0.25) is 5.82 Å². The summed E-state index contributed by atoms with van der Waals surface area (Å²) >= 11 is 0. The molecule has 0 bridgehead atoms. The molecule has 1 heterocycles. The molecule has 0 aliphatic heterocycles. The molecule has 0 spiro atoms. The number of nitrogens with zero attached hydrogens (tertiary/aromatic N) is 2. The van der Waals surface area contributed by atoms with Gasteiger partial charge < -0.3 is 10.4 Å². The second-order valence-electron chi connectivity index (χ2n) is 6.62. The van der Waals surface area contributed by atoms with E-state index in [1.807, 2.05) is 0 Å². The van der Waals surface area contributed by atoms with Gasteiger partial charge in [-0.05, 0) is 54.1 Å². The number of anilines is 1. The van der Waals surface area contributed by atoms with Gasteiger partial charge in [0.15, 0.2) is 0 Å². The van der Waals surface area contributed by atoms with Crippen LogP contribution in [-0.4, -0.2) is 20.6 Å². The molecule has 8 heteroatoms. The minimum Gasteiger partial charge on any atom is -0.392 e. The number of aromatic nitrogens is 2. The molecule has 1 amide bonds. The smallest absolute Gasteiger partial charge is 0.392 e. The number of carbonyl (C=O) groups is 1. The zero-order valence-electron chi connectivity index (χ0n) is 15.5. The van der Waals surface area contributed by atoms with Gasteiger partial charge in [-0.3, -0.25) is 9.36 Å². The van der Waals surface area contributed by atoms with Crippen molar-refractivity contribution in [3.63, 3.8) is 0 Å². The summed E-state index contributed by atoms with van der Waals surface area (Å²) in [6.45, 7) is -0.292. The molecule has 0 saturated heterocycles. The van der Waals surface area contributed by atoms with Crippen LogP contribution in [-0.2, 0) is 12.8 Å². The number of rotatable bonds is 4. The first-order chi connectivity index (χ1) is 14.4. The van der Waals surface area contributed by atoms with Crippen molar-refractivity contribution < 1.29 is 23.1 Å². The van der Waals surface area contributed by atoms with Crippen LogP contribution in [0.5, 0.6) is 0 Å². The average Bonchev–Trinajstić information content (AvgIpc) is 3.14. The SMILES string of the molecule is O=C(Nc1ccc(-n2c(C(F)(F)F)nc3cc(CO)ccc32)cc1)c1ccccc1. The molecule has 4 aromatic rings. The number of halogens is 3. The Bertz CT molecular complexity index is 1200. The number of benzene rings is 3. The summed E-state index contributed by atoms with van der Waals surface area (Å²) < 4.78 is 41.8. The van der Waals surface area contributed by atoms with Crippen LogP contribution in [0.1, 0.15) is 21.7 Å². The monoisotopic (exact) mass is 411 g/mol. The van der Waals surface area contributed by atoms with Crippen LogP contribution in [0.2, 0.25) is 0 Å². The summed E-state index contributed by atoms with van der Waals surface area (Å²) in [6, 6.07) is 19.1. The first-order valence-corrected chi connectivity index (χ1v) is 9.03. The van der Waals surface area contributed by atoms with E-state index in [1.165, 1.54) is 36.4 Å². The van der Waals surface area contributed by atoms with Crippen molar-refractivity contribution in [2.75, 3.05) is 5.32 Å². The van der Waals surface area contributed by atoms with E-state index in [1.54, 1.807) is 36.4 Å². The van der Waals surface area contributed by atoms with Crippen LogP contribution in [0, 0.1) is 0 Å². The summed E-state index contributed by atoms with van der Waals surface area (Å²) in [6.07, 6.45) is -4.67. The third-order valence-electron chi connectivity index (χ3n) is 4.57. The van der Waals surface area contributed by atoms with Crippen LogP contribution in [0.25, 0.3) is 16.7 Å². The number of aliphatic hydroxyl groups is 1. The summed E-state index contributed by atoms with van der Waals surface area (Å²) in [5.74, 6) is -1.38. The molecule has 4 rings (SSSR count). The fraction of sp³-hybridized carbons (Fsp3) is 0.0909. The zero-order chi connectivity index (χ0) is 21.3. The van der Waals surface area contributed by atoms with E-state index in [4.69, 9.17) is 0 Å². The first-order valence-electron chi connectivity index (χ1n) is 9.03. The highest BCUT2D eigenvalue weighted by Crippen LogP contribution is 2.34. The second kappa shape index (κ2) is 7.64. The largest absolute Gasteiger partial charge is 0.450 e. The van der Waals surface area contributed by atoms with Crippen LogP contribution in [0.4, 0.5) is 18.9 Å². The van der Waals surface area contributed by atoms with E-state index in [0.717, 1.165) is 4.57 Å². The van der Waals surface area contributed by atoms with Crippen molar-refractivity contribution in [2.24, 2.45) is 0 Å². The van der Waals surface area contributed by atoms with Crippen LogP contribution < -0.4 is 5.32 Å². The van der Waals surface area contributed by atoms with Gasteiger partial charge >= 0.3 is 6.18 Å². The Morgan fingerprint density at radius 3 is 2.33 bits per heavy atom. The standard InChI is InChI=1S/C22H16F3N3O2/c23-22(24,25)21-27-18-12-14(13-29)6-11-19(18)28(21)17-9-7-16(8-10-17)26-20(30)15-4-2-1-3-5-15/h1-12,29H,13H2,(H,26,30). The van der Waals surface area contributed by atoms with E-state index in [9.17, 15) is 23.1 Å². The summed E-state index contributed by atoms with van der Waals surface area (Å²) in [5, 5.41) is 12.0. The molecule has 2 N–H and O–H groups in total. The van der Waals surface area contributed by atoms with Gasteiger partial charge in [-0.1, -0.05) is 24.3 Å². The molecule has 5 nitrogen and oxygen atoms in total. The molecule has 0 radical (unpaired) electrons. The number of carbonyl (C=O) groups excluding carboxylic acids is 1. The number of hydrogen-bond acceptors (Lipinski definition) is 3. The number of amides is 1. The van der Waals surface area contributed by atoms with E-state index in [0.29, 0.717) is 16.8 Å². The minimum atomic E-state index is -4.67. The topological polar surface area (TPSA) is 67.2 Å². The van der Waals surface area contributed by atoms with Gasteiger partial charge in [-0.15, -0.1) is 0 Å². The molecule has 0 fully saturated rings. The summed E-state index contributed by atoms with van der Waals surface area (Å²) in [4.78, 5) is 16.0. The maximum absolute atomic E-state index is 13.6. The lowest BCUT2D eigenvalue weighted by atomic mass is 10.2. The lowest BCUT2D eigenvalue weighted by molar-refractivity contribution is -0.145. The molecule has 152 valence electrons. The molecule has 0 aliphatic carbocycles. The maximum Gasteiger partial charge on any atom is 0.450 e. The van der Waals surface area contributed by atoms with Gasteiger partial charge in [0, 0.05) is 16.9 Å². The highest BCUT2D eigenvalue weighted by atomic mass is 19.4. The Hall–Kier alpha value is -3.65. The zero-order valence-corrected chi connectivity index (χ0v) is 15.5. The van der Waals surface area contributed by atoms with Gasteiger partial charge in [0.1, 0.15) is 0 Å². The number of fused-ring (bicyclic) bond motifs is 1. The maximum atomic E-state index is 13.6. The number of nitrogens with one attached hydrogen (secondary N) is 1. The number of imidazole rings is 1. The summed E-state index contributed by atoms with van der Waals surface area (Å²) in [7, 11) is 0. The van der Waals surface area contributed by atoms with Crippen molar-refractivity contribution in [1.82, 2.24) is 9.55 Å². The van der Waals surface area contributed by atoms with Crippen LogP contribution in [0.3, 0.4) is 0 Å². The predicted molar refractivity (Wildman–Crippen MR) is 106 cm³/mol. The van der Waals surface area contributed by atoms with E-state index >= 15 is 0 Å². The van der Waals surface area contributed by atoms with Gasteiger partial charge in [-0.25, -0.2) is 4.98 Å². The van der Waals surface area contributed by atoms with E-state index in [-0.39, 0.29) is 29.2 Å². The third kappa shape index (κ3) is 3.77.